The summed E-state index contributed by atoms with van der Waals surface area (Å²) in [5.74, 6) is 0.804. The molecule has 1 heterocycles. The van der Waals surface area contributed by atoms with Gasteiger partial charge in [-0.3, -0.25) is 4.79 Å². The Morgan fingerprint density at radius 3 is 2.59 bits per heavy atom. The highest BCUT2D eigenvalue weighted by Gasteiger charge is 2.32. The summed E-state index contributed by atoms with van der Waals surface area (Å²) in [6.07, 6.45) is 5.35. The van der Waals surface area contributed by atoms with Gasteiger partial charge in [-0.05, 0) is 43.4 Å². The van der Waals surface area contributed by atoms with Crippen molar-refractivity contribution < 1.29 is 14.6 Å². The zero-order valence-corrected chi connectivity index (χ0v) is 9.53. The number of rotatable bonds is 0. The maximum absolute atomic E-state index is 12.2. The molecule has 0 aromatic heterocycles. The molecule has 17 heavy (non-hydrogen) atoms. The van der Waals surface area contributed by atoms with E-state index in [1.165, 1.54) is 12.5 Å². The molecule has 1 fully saturated rings. The van der Waals surface area contributed by atoms with Crippen LogP contribution in [0.1, 0.15) is 42.5 Å². The molecule has 1 N–H and O–H groups in total. The topological polar surface area (TPSA) is 46.5 Å². The first-order valence-corrected chi connectivity index (χ1v) is 6.04. The van der Waals surface area contributed by atoms with Gasteiger partial charge in [-0.1, -0.05) is 12.5 Å². The Morgan fingerprint density at radius 1 is 1.12 bits per heavy atom. The van der Waals surface area contributed by atoms with E-state index in [1.807, 2.05) is 0 Å². The van der Waals surface area contributed by atoms with Crippen LogP contribution in [-0.2, 0) is 0 Å². The smallest absolute Gasteiger partial charge is 0.235 e. The predicted molar refractivity (Wildman–Crippen MR) is 63.2 cm³/mol. The number of carbonyl (C=O) groups is 1. The molecule has 1 aromatic carbocycles. The Labute approximate surface area is 99.7 Å². The standard InChI is InChI=1S/C14H14O3/c15-10-7-4-8-11-12(10)13(16)14(17-11)9-5-2-1-3-6-9/h4,7-8,15H,1-3,5-6H2. The van der Waals surface area contributed by atoms with Gasteiger partial charge >= 0.3 is 0 Å². The van der Waals surface area contributed by atoms with Crippen LogP contribution < -0.4 is 4.74 Å². The van der Waals surface area contributed by atoms with Gasteiger partial charge in [0.15, 0.2) is 5.76 Å². The summed E-state index contributed by atoms with van der Waals surface area (Å²) in [4.78, 5) is 12.2. The van der Waals surface area contributed by atoms with Crippen LogP contribution in [0.15, 0.2) is 29.5 Å². The Balaban J connectivity index is 2.04. The van der Waals surface area contributed by atoms with E-state index < -0.39 is 0 Å². The summed E-state index contributed by atoms with van der Waals surface area (Å²) in [6.45, 7) is 0. The fourth-order valence-corrected chi connectivity index (χ4v) is 2.54. The molecule has 0 amide bonds. The van der Waals surface area contributed by atoms with Crippen LogP contribution in [0.5, 0.6) is 11.5 Å². The minimum absolute atomic E-state index is 0.0129. The number of ether oxygens (including phenoxy) is 1. The molecule has 0 bridgehead atoms. The van der Waals surface area contributed by atoms with Crippen LogP contribution in [0.3, 0.4) is 0 Å². The minimum Gasteiger partial charge on any atom is -0.507 e. The van der Waals surface area contributed by atoms with Crippen molar-refractivity contribution >= 4 is 5.78 Å². The lowest BCUT2D eigenvalue weighted by atomic mass is 9.92. The summed E-state index contributed by atoms with van der Waals surface area (Å²) in [7, 11) is 0. The van der Waals surface area contributed by atoms with Crippen molar-refractivity contribution in [1.82, 2.24) is 0 Å². The van der Waals surface area contributed by atoms with Crippen molar-refractivity contribution in [3.63, 3.8) is 0 Å². The first kappa shape index (κ1) is 10.4. The molecular weight excluding hydrogens is 216 g/mol. The number of phenolic OH excluding ortho intramolecular Hbond substituents is 1. The molecule has 1 aliphatic carbocycles. The van der Waals surface area contributed by atoms with Crippen LogP contribution in [0, 0.1) is 0 Å². The third-order valence-corrected chi connectivity index (χ3v) is 3.43. The van der Waals surface area contributed by atoms with Gasteiger partial charge in [0.25, 0.3) is 0 Å². The number of carbonyl (C=O) groups excluding carboxylic acids is 1. The fraction of sp³-hybridized carbons (Fsp3) is 0.357. The van der Waals surface area contributed by atoms with Gasteiger partial charge in [-0.15, -0.1) is 0 Å². The number of benzene rings is 1. The summed E-state index contributed by atoms with van der Waals surface area (Å²) in [5, 5.41) is 9.69. The molecule has 88 valence electrons. The van der Waals surface area contributed by atoms with E-state index in [1.54, 1.807) is 12.1 Å². The van der Waals surface area contributed by atoms with Crippen molar-refractivity contribution in [2.75, 3.05) is 0 Å². The molecular formula is C14H14O3. The van der Waals surface area contributed by atoms with Gasteiger partial charge in [0, 0.05) is 0 Å². The summed E-state index contributed by atoms with van der Waals surface area (Å²) < 4.78 is 5.61. The van der Waals surface area contributed by atoms with Crippen LogP contribution >= 0.6 is 0 Å². The van der Waals surface area contributed by atoms with Crippen LogP contribution in [0.25, 0.3) is 0 Å². The third-order valence-electron chi connectivity index (χ3n) is 3.43. The van der Waals surface area contributed by atoms with Crippen molar-refractivity contribution in [3.8, 4) is 11.5 Å². The Bertz CT molecular complexity index is 506. The molecule has 0 radical (unpaired) electrons. The first-order valence-electron chi connectivity index (χ1n) is 6.04. The van der Waals surface area contributed by atoms with Crippen molar-refractivity contribution in [2.45, 2.75) is 32.1 Å². The number of phenols is 1. The number of allylic oxidation sites excluding steroid dienone is 2. The van der Waals surface area contributed by atoms with E-state index in [0.717, 1.165) is 31.3 Å². The number of ketones is 1. The van der Waals surface area contributed by atoms with E-state index in [2.05, 4.69) is 0 Å². The number of Topliss-reactive ketones (excluding diaryl/α,β-unsaturated/α-hetero) is 1. The largest absolute Gasteiger partial charge is 0.507 e. The molecule has 0 atom stereocenters. The van der Waals surface area contributed by atoms with Gasteiger partial charge in [-0.25, -0.2) is 0 Å². The minimum atomic E-state index is -0.157. The van der Waals surface area contributed by atoms with Crippen LogP contribution in [0.4, 0.5) is 0 Å². The highest BCUT2D eigenvalue weighted by Crippen LogP contribution is 2.39. The number of hydrogen-bond acceptors (Lipinski definition) is 3. The number of hydrogen-bond donors (Lipinski definition) is 1. The second-order valence-corrected chi connectivity index (χ2v) is 4.57. The van der Waals surface area contributed by atoms with Gasteiger partial charge < -0.3 is 9.84 Å². The fourth-order valence-electron chi connectivity index (χ4n) is 2.54. The van der Waals surface area contributed by atoms with E-state index in [0.29, 0.717) is 17.1 Å². The first-order chi connectivity index (χ1) is 8.27. The maximum atomic E-state index is 12.2. The van der Waals surface area contributed by atoms with E-state index in [4.69, 9.17) is 4.74 Å². The molecule has 1 aromatic rings. The number of fused-ring (bicyclic) bond motifs is 1. The second kappa shape index (κ2) is 3.91. The molecule has 0 unspecified atom stereocenters. The molecule has 1 saturated carbocycles. The monoisotopic (exact) mass is 230 g/mol. The maximum Gasteiger partial charge on any atom is 0.235 e. The van der Waals surface area contributed by atoms with Crippen molar-refractivity contribution in [3.05, 3.63) is 35.1 Å². The summed E-state index contributed by atoms with van der Waals surface area (Å²) in [6, 6.07) is 4.94. The van der Waals surface area contributed by atoms with E-state index >= 15 is 0 Å². The Morgan fingerprint density at radius 2 is 1.88 bits per heavy atom. The zero-order chi connectivity index (χ0) is 11.8. The molecule has 3 heteroatoms. The normalized spacial score (nSPS) is 19.2. The van der Waals surface area contributed by atoms with Gasteiger partial charge in [0.2, 0.25) is 5.78 Å². The molecule has 2 aliphatic rings. The highest BCUT2D eigenvalue weighted by atomic mass is 16.5. The quantitative estimate of drug-likeness (QED) is 0.696. The Hall–Kier alpha value is -1.77. The summed E-state index contributed by atoms with van der Waals surface area (Å²) in [5.41, 5.74) is 1.43. The molecule has 3 rings (SSSR count). The SMILES string of the molecule is O=C1C(=C2CCCCC2)Oc2cccc(O)c21. The lowest BCUT2D eigenvalue weighted by molar-refractivity contribution is 0.101. The Kier molecular flexibility index (Phi) is 2.39. The van der Waals surface area contributed by atoms with Gasteiger partial charge in [0.05, 0.1) is 0 Å². The van der Waals surface area contributed by atoms with Crippen LogP contribution in [0.2, 0.25) is 0 Å². The molecule has 0 spiro atoms. The third kappa shape index (κ3) is 1.62. The number of aromatic hydroxyl groups is 1. The summed E-state index contributed by atoms with van der Waals surface area (Å²) >= 11 is 0. The van der Waals surface area contributed by atoms with E-state index in [9.17, 15) is 9.90 Å². The van der Waals surface area contributed by atoms with Crippen molar-refractivity contribution in [1.29, 1.82) is 0 Å². The molecule has 0 saturated heterocycles. The van der Waals surface area contributed by atoms with Gasteiger partial charge in [-0.2, -0.15) is 0 Å². The second-order valence-electron chi connectivity index (χ2n) is 4.57. The van der Waals surface area contributed by atoms with Crippen molar-refractivity contribution in [2.24, 2.45) is 0 Å². The van der Waals surface area contributed by atoms with Crippen LogP contribution in [-0.4, -0.2) is 10.9 Å². The lowest BCUT2D eigenvalue weighted by Gasteiger charge is -2.14. The molecule has 3 nitrogen and oxygen atoms in total. The van der Waals surface area contributed by atoms with Gasteiger partial charge in [0.1, 0.15) is 17.1 Å². The predicted octanol–water partition coefficient (Wildman–Crippen LogP) is 3.19. The average molecular weight is 230 g/mol. The zero-order valence-electron chi connectivity index (χ0n) is 9.53. The molecule has 1 aliphatic heterocycles. The highest BCUT2D eigenvalue weighted by molar-refractivity contribution is 6.14. The van der Waals surface area contributed by atoms with E-state index in [-0.39, 0.29) is 11.5 Å². The lowest BCUT2D eigenvalue weighted by Crippen LogP contribution is -2.06. The average Bonchev–Trinajstić information content (AvgIpc) is 2.69.